The second kappa shape index (κ2) is 5.14. The van der Waals surface area contributed by atoms with E-state index in [-0.39, 0.29) is 12.3 Å². The van der Waals surface area contributed by atoms with Crippen molar-refractivity contribution in [2.24, 2.45) is 0 Å². The normalized spacial score (nSPS) is 11.1. The molecule has 5 heteroatoms. The molecule has 17 heavy (non-hydrogen) atoms. The maximum Gasteiger partial charge on any atom is 0.412 e. The first-order valence-corrected chi connectivity index (χ1v) is 5.22. The number of rotatable bonds is 2. The molecule has 0 aromatic heterocycles. The molecule has 1 rings (SSSR count). The van der Waals surface area contributed by atoms with Crippen molar-refractivity contribution >= 4 is 11.8 Å². The van der Waals surface area contributed by atoms with Crippen LogP contribution < -0.4 is 5.32 Å². The topological polar surface area (TPSA) is 58.6 Å². The number of benzene rings is 1. The summed E-state index contributed by atoms with van der Waals surface area (Å²) in [5.41, 5.74) is -0.408. The Balaban J connectivity index is 2.84. The second-order valence-electron chi connectivity index (χ2n) is 4.56. The van der Waals surface area contributed by atoms with Gasteiger partial charge in [0, 0.05) is 5.56 Å². The van der Waals surface area contributed by atoms with Crippen molar-refractivity contribution in [2.45, 2.75) is 33.0 Å². The summed E-state index contributed by atoms with van der Waals surface area (Å²) >= 11 is 0. The highest BCUT2D eigenvalue weighted by Crippen LogP contribution is 2.20. The number of anilines is 1. The predicted molar refractivity (Wildman–Crippen MR) is 62.2 cm³/mol. The lowest BCUT2D eigenvalue weighted by molar-refractivity contribution is 0.0635. The van der Waals surface area contributed by atoms with Gasteiger partial charge < -0.3 is 9.84 Å². The molecule has 0 bridgehead atoms. The quantitative estimate of drug-likeness (QED) is 0.836. The van der Waals surface area contributed by atoms with Crippen LogP contribution in [0.5, 0.6) is 0 Å². The molecule has 0 unspecified atom stereocenters. The third-order valence-corrected chi connectivity index (χ3v) is 1.90. The van der Waals surface area contributed by atoms with Gasteiger partial charge in [0.25, 0.3) is 0 Å². The molecule has 0 saturated carbocycles. The van der Waals surface area contributed by atoms with Crippen molar-refractivity contribution in [1.29, 1.82) is 0 Å². The number of carbonyl (C=O) groups is 1. The summed E-state index contributed by atoms with van der Waals surface area (Å²) in [7, 11) is 0. The summed E-state index contributed by atoms with van der Waals surface area (Å²) in [6.45, 7) is 4.77. The van der Waals surface area contributed by atoms with Crippen LogP contribution in [-0.4, -0.2) is 16.8 Å². The van der Waals surface area contributed by atoms with Gasteiger partial charge in [0.2, 0.25) is 0 Å². The molecule has 0 heterocycles. The fourth-order valence-corrected chi connectivity index (χ4v) is 1.25. The van der Waals surface area contributed by atoms with Crippen LogP contribution in [0.25, 0.3) is 0 Å². The molecule has 94 valence electrons. The van der Waals surface area contributed by atoms with E-state index in [4.69, 9.17) is 9.84 Å². The Bertz CT molecular complexity index is 413. The molecule has 0 fully saturated rings. The van der Waals surface area contributed by atoms with Crippen LogP contribution in [-0.2, 0) is 11.3 Å². The van der Waals surface area contributed by atoms with Gasteiger partial charge in [-0.15, -0.1) is 0 Å². The number of aliphatic hydroxyl groups excluding tert-OH is 1. The first-order chi connectivity index (χ1) is 7.83. The number of carbonyl (C=O) groups excluding carboxylic acids is 1. The van der Waals surface area contributed by atoms with Crippen molar-refractivity contribution < 1.29 is 19.0 Å². The van der Waals surface area contributed by atoms with Gasteiger partial charge in [-0.1, -0.05) is 12.1 Å². The van der Waals surface area contributed by atoms with E-state index in [1.54, 1.807) is 20.8 Å². The summed E-state index contributed by atoms with van der Waals surface area (Å²) in [6, 6.07) is 4.18. The number of halogens is 1. The maximum atomic E-state index is 13.4. The minimum Gasteiger partial charge on any atom is -0.444 e. The van der Waals surface area contributed by atoms with E-state index in [0.29, 0.717) is 5.56 Å². The number of hydrogen-bond donors (Lipinski definition) is 2. The molecule has 0 aliphatic carbocycles. The maximum absolute atomic E-state index is 13.4. The molecule has 2 N–H and O–H groups in total. The van der Waals surface area contributed by atoms with Gasteiger partial charge in [-0.05, 0) is 26.8 Å². The molecule has 0 atom stereocenters. The van der Waals surface area contributed by atoms with Crippen LogP contribution in [0.4, 0.5) is 14.9 Å². The number of para-hydroxylation sites is 1. The number of hydrogen-bond acceptors (Lipinski definition) is 3. The van der Waals surface area contributed by atoms with Crippen LogP contribution in [0.15, 0.2) is 18.2 Å². The van der Waals surface area contributed by atoms with Crippen molar-refractivity contribution in [3.8, 4) is 0 Å². The van der Waals surface area contributed by atoms with Crippen LogP contribution in [0.3, 0.4) is 0 Å². The van der Waals surface area contributed by atoms with Crippen LogP contribution in [0.1, 0.15) is 26.3 Å². The standard InChI is InChI=1S/C12H16FNO3/c1-12(2,3)17-11(16)14-10-8(7-15)5-4-6-9(10)13/h4-6,15H,7H2,1-3H3,(H,14,16). The van der Waals surface area contributed by atoms with E-state index >= 15 is 0 Å². The van der Waals surface area contributed by atoms with Gasteiger partial charge in [0.1, 0.15) is 11.4 Å². The Kier molecular flexibility index (Phi) is 4.07. The van der Waals surface area contributed by atoms with E-state index in [9.17, 15) is 9.18 Å². The SMILES string of the molecule is CC(C)(C)OC(=O)Nc1c(F)cccc1CO. The van der Waals surface area contributed by atoms with Gasteiger partial charge in [-0.2, -0.15) is 0 Å². The van der Waals surface area contributed by atoms with Crippen molar-refractivity contribution in [2.75, 3.05) is 5.32 Å². The monoisotopic (exact) mass is 241 g/mol. The molecule has 0 aliphatic rings. The van der Waals surface area contributed by atoms with Gasteiger partial charge in [-0.3, -0.25) is 5.32 Å². The molecule has 1 aromatic carbocycles. The summed E-state index contributed by atoms with van der Waals surface area (Å²) < 4.78 is 18.4. The average Bonchev–Trinajstić information content (AvgIpc) is 2.18. The zero-order valence-electron chi connectivity index (χ0n) is 10.1. The van der Waals surface area contributed by atoms with E-state index in [2.05, 4.69) is 5.32 Å². The number of nitrogens with one attached hydrogen (secondary N) is 1. The van der Waals surface area contributed by atoms with Crippen molar-refractivity contribution in [3.05, 3.63) is 29.6 Å². The zero-order valence-corrected chi connectivity index (χ0v) is 10.1. The number of aliphatic hydroxyl groups is 1. The molecule has 1 aromatic rings. The molecule has 0 saturated heterocycles. The molecular formula is C12H16FNO3. The molecular weight excluding hydrogens is 225 g/mol. The smallest absolute Gasteiger partial charge is 0.412 e. The first kappa shape index (κ1) is 13.4. The summed E-state index contributed by atoms with van der Waals surface area (Å²) in [5.74, 6) is -0.609. The number of ether oxygens (including phenoxy) is 1. The van der Waals surface area contributed by atoms with E-state index in [1.807, 2.05) is 0 Å². The number of amides is 1. The van der Waals surface area contributed by atoms with Crippen LogP contribution in [0.2, 0.25) is 0 Å². The van der Waals surface area contributed by atoms with E-state index in [1.165, 1.54) is 18.2 Å². The second-order valence-corrected chi connectivity index (χ2v) is 4.56. The van der Waals surface area contributed by atoms with Crippen LogP contribution in [0, 0.1) is 5.82 Å². The molecule has 4 nitrogen and oxygen atoms in total. The summed E-state index contributed by atoms with van der Waals surface area (Å²) in [5, 5.41) is 11.3. The fourth-order valence-electron chi connectivity index (χ4n) is 1.25. The zero-order chi connectivity index (χ0) is 13.1. The lowest BCUT2D eigenvalue weighted by Gasteiger charge is -2.20. The van der Waals surface area contributed by atoms with Crippen LogP contribution >= 0.6 is 0 Å². The van der Waals surface area contributed by atoms with Crippen molar-refractivity contribution in [1.82, 2.24) is 0 Å². The Hall–Kier alpha value is -1.62. The van der Waals surface area contributed by atoms with E-state index < -0.39 is 17.5 Å². The first-order valence-electron chi connectivity index (χ1n) is 5.22. The predicted octanol–water partition coefficient (Wildman–Crippen LogP) is 2.67. The molecule has 0 aliphatic heterocycles. The lowest BCUT2D eigenvalue weighted by atomic mass is 10.2. The minimum absolute atomic E-state index is 0.0516. The molecule has 0 spiro atoms. The van der Waals surface area contributed by atoms with Gasteiger partial charge in [-0.25, -0.2) is 9.18 Å². The highest BCUT2D eigenvalue weighted by atomic mass is 19.1. The molecule has 1 amide bonds. The fraction of sp³-hybridized carbons (Fsp3) is 0.417. The van der Waals surface area contributed by atoms with E-state index in [0.717, 1.165) is 0 Å². The Morgan fingerprint density at radius 3 is 2.65 bits per heavy atom. The highest BCUT2D eigenvalue weighted by Gasteiger charge is 2.18. The third-order valence-electron chi connectivity index (χ3n) is 1.90. The third kappa shape index (κ3) is 4.03. The van der Waals surface area contributed by atoms with Crippen molar-refractivity contribution in [3.63, 3.8) is 0 Å². The largest absolute Gasteiger partial charge is 0.444 e. The summed E-state index contributed by atoms with van der Waals surface area (Å²) in [4.78, 5) is 11.5. The average molecular weight is 241 g/mol. The Labute approximate surface area is 99.4 Å². The Morgan fingerprint density at radius 2 is 2.12 bits per heavy atom. The summed E-state index contributed by atoms with van der Waals surface area (Å²) in [6.07, 6.45) is -0.752. The minimum atomic E-state index is -0.752. The Morgan fingerprint density at radius 1 is 1.47 bits per heavy atom. The van der Waals surface area contributed by atoms with Gasteiger partial charge >= 0.3 is 6.09 Å². The lowest BCUT2D eigenvalue weighted by Crippen LogP contribution is -2.27. The van der Waals surface area contributed by atoms with Gasteiger partial charge in [0.05, 0.1) is 12.3 Å². The highest BCUT2D eigenvalue weighted by molar-refractivity contribution is 5.86. The van der Waals surface area contributed by atoms with Gasteiger partial charge in [0.15, 0.2) is 0 Å². The molecule has 0 radical (unpaired) electrons.